The molecule has 1 heterocycles. The van der Waals surface area contributed by atoms with Crippen molar-refractivity contribution in [1.29, 1.82) is 0 Å². The lowest BCUT2D eigenvalue weighted by atomic mass is 10.1. The second-order valence-electron chi connectivity index (χ2n) is 4.17. The molecule has 18 heavy (non-hydrogen) atoms. The Labute approximate surface area is 106 Å². The summed E-state index contributed by atoms with van der Waals surface area (Å²) in [6.45, 7) is 2.34. The average molecular weight is 247 g/mol. The topological polar surface area (TPSA) is 60.2 Å². The molecule has 0 amide bonds. The molecule has 2 rings (SSSR count). The van der Waals surface area contributed by atoms with Crippen LogP contribution in [0.4, 0.5) is 0 Å². The van der Waals surface area contributed by atoms with Gasteiger partial charge >= 0.3 is 0 Å². The quantitative estimate of drug-likeness (QED) is 0.875. The predicted molar refractivity (Wildman–Crippen MR) is 67.0 cm³/mol. The molecule has 1 atom stereocenters. The van der Waals surface area contributed by atoms with Gasteiger partial charge in [0.25, 0.3) is 0 Å². The maximum atomic E-state index is 9.67. The number of hydrogen-bond donors (Lipinski definition) is 1. The molecule has 0 bridgehead atoms. The van der Waals surface area contributed by atoms with E-state index < -0.39 is 6.10 Å². The van der Waals surface area contributed by atoms with Gasteiger partial charge in [0.05, 0.1) is 12.3 Å². The number of aryl methyl sites for hydroxylation is 1. The van der Waals surface area contributed by atoms with Crippen molar-refractivity contribution in [3.63, 3.8) is 0 Å². The van der Waals surface area contributed by atoms with Gasteiger partial charge in [-0.15, -0.1) is 5.10 Å². The average Bonchev–Trinajstić information content (AvgIpc) is 2.82. The summed E-state index contributed by atoms with van der Waals surface area (Å²) in [6, 6.07) is 7.45. The van der Waals surface area contributed by atoms with E-state index in [1.165, 1.54) is 0 Å². The Balaban J connectivity index is 1.94. The maximum absolute atomic E-state index is 9.67. The summed E-state index contributed by atoms with van der Waals surface area (Å²) in [7, 11) is 1.82. The largest absolute Gasteiger partial charge is 0.487 e. The van der Waals surface area contributed by atoms with Gasteiger partial charge < -0.3 is 9.84 Å². The molecule has 0 aliphatic rings. The lowest BCUT2D eigenvalue weighted by Gasteiger charge is -2.09. The van der Waals surface area contributed by atoms with E-state index in [9.17, 15) is 5.11 Å². The van der Waals surface area contributed by atoms with Crippen LogP contribution >= 0.6 is 0 Å². The van der Waals surface area contributed by atoms with Gasteiger partial charge in [0.1, 0.15) is 18.1 Å². The van der Waals surface area contributed by atoms with Crippen LogP contribution in [0.2, 0.25) is 0 Å². The van der Waals surface area contributed by atoms with Gasteiger partial charge in [-0.05, 0) is 24.1 Å². The molecule has 1 aromatic heterocycles. The highest BCUT2D eigenvalue weighted by molar-refractivity contribution is 5.28. The number of ether oxygens (including phenoxy) is 1. The number of rotatable bonds is 5. The van der Waals surface area contributed by atoms with E-state index in [2.05, 4.69) is 10.3 Å². The highest BCUT2D eigenvalue weighted by Crippen LogP contribution is 2.20. The fraction of sp³-hybridized carbons (Fsp3) is 0.385. The van der Waals surface area contributed by atoms with Gasteiger partial charge in [-0.25, -0.2) is 0 Å². The summed E-state index contributed by atoms with van der Waals surface area (Å²) in [5, 5.41) is 17.4. The molecule has 5 heteroatoms. The smallest absolute Gasteiger partial charge is 0.134 e. The molecule has 0 fully saturated rings. The first-order chi connectivity index (χ1) is 8.69. The highest BCUT2D eigenvalue weighted by atomic mass is 16.5. The van der Waals surface area contributed by atoms with Gasteiger partial charge in [0, 0.05) is 7.05 Å². The number of aliphatic hydroxyl groups excluding tert-OH is 1. The predicted octanol–water partition coefficient (Wildman–Crippen LogP) is 1.84. The molecule has 0 saturated heterocycles. The van der Waals surface area contributed by atoms with Crippen molar-refractivity contribution in [2.45, 2.75) is 26.1 Å². The molecule has 1 aromatic carbocycles. The molecule has 0 unspecified atom stereocenters. The summed E-state index contributed by atoms with van der Waals surface area (Å²) in [6.07, 6.45) is 2.12. The van der Waals surface area contributed by atoms with Crippen LogP contribution in [0.5, 0.6) is 5.75 Å². The molecular formula is C13H17N3O2. The molecule has 0 aliphatic heterocycles. The van der Waals surface area contributed by atoms with Crippen LogP contribution in [0.15, 0.2) is 30.5 Å². The SMILES string of the molecule is CC[C@H](O)c1ccc(OCc2cn(C)nn2)cc1. The monoisotopic (exact) mass is 247 g/mol. The first-order valence-electron chi connectivity index (χ1n) is 5.95. The normalized spacial score (nSPS) is 12.4. The van der Waals surface area contributed by atoms with Crippen molar-refractivity contribution in [1.82, 2.24) is 15.0 Å². The minimum atomic E-state index is -0.404. The van der Waals surface area contributed by atoms with Gasteiger partial charge in [-0.3, -0.25) is 4.68 Å². The third kappa shape index (κ3) is 3.07. The minimum Gasteiger partial charge on any atom is -0.487 e. The Morgan fingerprint density at radius 1 is 1.33 bits per heavy atom. The summed E-state index contributed by atoms with van der Waals surface area (Å²) < 4.78 is 7.21. The van der Waals surface area contributed by atoms with Crippen molar-refractivity contribution >= 4 is 0 Å². The van der Waals surface area contributed by atoms with Crippen LogP contribution in [-0.4, -0.2) is 20.1 Å². The van der Waals surface area contributed by atoms with Crippen molar-refractivity contribution in [2.24, 2.45) is 7.05 Å². The number of aromatic nitrogens is 3. The van der Waals surface area contributed by atoms with Crippen LogP contribution in [0, 0.1) is 0 Å². The van der Waals surface area contributed by atoms with E-state index in [1.807, 2.05) is 44.4 Å². The lowest BCUT2D eigenvalue weighted by Crippen LogP contribution is -1.97. The van der Waals surface area contributed by atoms with Gasteiger partial charge in [0.2, 0.25) is 0 Å². The van der Waals surface area contributed by atoms with E-state index in [-0.39, 0.29) is 0 Å². The van der Waals surface area contributed by atoms with Crippen molar-refractivity contribution < 1.29 is 9.84 Å². The summed E-state index contributed by atoms with van der Waals surface area (Å²) in [5.41, 5.74) is 1.69. The lowest BCUT2D eigenvalue weighted by molar-refractivity contribution is 0.173. The van der Waals surface area contributed by atoms with Gasteiger partial charge in [0.15, 0.2) is 0 Å². The Morgan fingerprint density at radius 3 is 2.61 bits per heavy atom. The molecule has 96 valence electrons. The molecule has 0 radical (unpaired) electrons. The van der Waals surface area contributed by atoms with Crippen LogP contribution in [0.1, 0.15) is 30.7 Å². The molecule has 1 N–H and O–H groups in total. The zero-order chi connectivity index (χ0) is 13.0. The Bertz CT molecular complexity index is 493. The zero-order valence-electron chi connectivity index (χ0n) is 10.6. The van der Waals surface area contributed by atoms with Crippen LogP contribution in [0.25, 0.3) is 0 Å². The first kappa shape index (κ1) is 12.6. The van der Waals surface area contributed by atoms with Crippen LogP contribution in [-0.2, 0) is 13.7 Å². The van der Waals surface area contributed by atoms with Gasteiger partial charge in [-0.2, -0.15) is 0 Å². The Morgan fingerprint density at radius 2 is 2.06 bits per heavy atom. The van der Waals surface area contributed by atoms with E-state index in [4.69, 9.17) is 4.74 Å². The third-order valence-corrected chi connectivity index (χ3v) is 2.69. The molecule has 0 aliphatic carbocycles. The number of nitrogens with zero attached hydrogens (tertiary/aromatic N) is 3. The number of benzene rings is 1. The summed E-state index contributed by atoms with van der Waals surface area (Å²) in [5.74, 6) is 0.757. The zero-order valence-corrected chi connectivity index (χ0v) is 10.6. The van der Waals surface area contributed by atoms with E-state index in [1.54, 1.807) is 4.68 Å². The first-order valence-corrected chi connectivity index (χ1v) is 5.95. The molecule has 0 saturated carbocycles. The van der Waals surface area contributed by atoms with Crippen molar-refractivity contribution in [2.75, 3.05) is 0 Å². The van der Waals surface area contributed by atoms with E-state index in [0.29, 0.717) is 13.0 Å². The molecule has 0 spiro atoms. The summed E-state index contributed by atoms with van der Waals surface area (Å²) in [4.78, 5) is 0. The van der Waals surface area contributed by atoms with E-state index >= 15 is 0 Å². The molecular weight excluding hydrogens is 230 g/mol. The second kappa shape index (κ2) is 5.64. The van der Waals surface area contributed by atoms with E-state index in [0.717, 1.165) is 17.0 Å². The second-order valence-corrected chi connectivity index (χ2v) is 4.17. The number of aliphatic hydroxyl groups is 1. The Kier molecular flexibility index (Phi) is 3.94. The maximum Gasteiger partial charge on any atom is 0.134 e. The molecule has 5 nitrogen and oxygen atoms in total. The fourth-order valence-electron chi connectivity index (χ4n) is 1.64. The van der Waals surface area contributed by atoms with Crippen LogP contribution < -0.4 is 4.74 Å². The minimum absolute atomic E-state index is 0.392. The van der Waals surface area contributed by atoms with Crippen LogP contribution in [0.3, 0.4) is 0 Å². The van der Waals surface area contributed by atoms with Crippen molar-refractivity contribution in [3.8, 4) is 5.75 Å². The highest BCUT2D eigenvalue weighted by Gasteiger charge is 2.05. The Hall–Kier alpha value is -1.88. The molecule has 2 aromatic rings. The third-order valence-electron chi connectivity index (χ3n) is 2.69. The fourth-order valence-corrected chi connectivity index (χ4v) is 1.64. The summed E-state index contributed by atoms with van der Waals surface area (Å²) >= 11 is 0. The number of hydrogen-bond acceptors (Lipinski definition) is 4. The standard InChI is InChI=1S/C13H17N3O2/c1-3-13(17)10-4-6-12(7-5-10)18-9-11-8-16(2)15-14-11/h4-8,13,17H,3,9H2,1-2H3/t13-/m0/s1. The van der Waals surface area contributed by atoms with Gasteiger partial charge in [-0.1, -0.05) is 24.3 Å². The van der Waals surface area contributed by atoms with Crippen molar-refractivity contribution in [3.05, 3.63) is 41.7 Å².